The van der Waals surface area contributed by atoms with Crippen molar-refractivity contribution in [1.29, 1.82) is 0 Å². The molecule has 0 unspecified atom stereocenters. The van der Waals surface area contributed by atoms with E-state index in [2.05, 4.69) is 37.2 Å². The van der Waals surface area contributed by atoms with Crippen LogP contribution in [0.3, 0.4) is 0 Å². The molecule has 1 amide bonds. The van der Waals surface area contributed by atoms with Crippen LogP contribution in [0.4, 0.5) is 11.4 Å². The molecule has 0 heterocycles. The molecule has 20 heavy (non-hydrogen) atoms. The largest absolute Gasteiger partial charge is 0.399 e. The highest BCUT2D eigenvalue weighted by molar-refractivity contribution is 9.11. The maximum atomic E-state index is 12.0. The number of anilines is 2. The van der Waals surface area contributed by atoms with E-state index in [-0.39, 0.29) is 5.91 Å². The van der Waals surface area contributed by atoms with Crippen LogP contribution >= 0.6 is 31.9 Å². The Bertz CT molecular complexity index is 479. The molecule has 1 aliphatic carbocycles. The van der Waals surface area contributed by atoms with Gasteiger partial charge in [-0.1, -0.05) is 0 Å². The zero-order valence-corrected chi connectivity index (χ0v) is 14.5. The predicted octanol–water partition coefficient (Wildman–Crippen LogP) is 3.94. The standard InChI is InChI=1S/C14H18Br2N2O2/c1-2-20-10-3-8(4-10)5-13(19)18-14-11(15)6-9(17)7-12(14)16/h6-8,10H,2-5,17H2,1H3,(H,18,19). The van der Waals surface area contributed by atoms with Crippen LogP contribution in [0.2, 0.25) is 0 Å². The molecule has 1 saturated carbocycles. The van der Waals surface area contributed by atoms with Crippen LogP contribution in [-0.2, 0) is 9.53 Å². The molecule has 1 aromatic carbocycles. The molecule has 1 aliphatic rings. The summed E-state index contributed by atoms with van der Waals surface area (Å²) in [5.41, 5.74) is 7.09. The molecule has 2 rings (SSSR count). The summed E-state index contributed by atoms with van der Waals surface area (Å²) in [5, 5.41) is 2.92. The quantitative estimate of drug-likeness (QED) is 0.729. The SMILES string of the molecule is CCOC1CC(CC(=O)Nc2c(Br)cc(N)cc2Br)C1. The fourth-order valence-electron chi connectivity index (χ4n) is 2.38. The molecule has 0 bridgehead atoms. The van der Waals surface area contributed by atoms with Crippen LogP contribution < -0.4 is 11.1 Å². The first kappa shape index (κ1) is 15.8. The minimum Gasteiger partial charge on any atom is -0.399 e. The fraction of sp³-hybridized carbons (Fsp3) is 0.500. The van der Waals surface area contributed by atoms with Crippen LogP contribution in [0.15, 0.2) is 21.1 Å². The van der Waals surface area contributed by atoms with Crippen molar-refractivity contribution in [2.24, 2.45) is 5.92 Å². The monoisotopic (exact) mass is 404 g/mol. The minimum atomic E-state index is 0.0242. The van der Waals surface area contributed by atoms with Gasteiger partial charge in [0.25, 0.3) is 0 Å². The van der Waals surface area contributed by atoms with Gasteiger partial charge in [0.2, 0.25) is 5.91 Å². The van der Waals surface area contributed by atoms with E-state index in [9.17, 15) is 4.79 Å². The van der Waals surface area contributed by atoms with Crippen molar-refractivity contribution in [3.8, 4) is 0 Å². The molecule has 0 saturated heterocycles. The van der Waals surface area contributed by atoms with Gasteiger partial charge in [-0.15, -0.1) is 0 Å². The first-order valence-electron chi connectivity index (χ1n) is 6.65. The van der Waals surface area contributed by atoms with Crippen LogP contribution in [0, 0.1) is 5.92 Å². The molecule has 110 valence electrons. The molecule has 0 radical (unpaired) electrons. The second kappa shape index (κ2) is 6.91. The number of halogens is 2. The molecule has 0 aliphatic heterocycles. The third kappa shape index (κ3) is 3.96. The Morgan fingerprint density at radius 1 is 1.40 bits per heavy atom. The molecule has 4 nitrogen and oxygen atoms in total. The van der Waals surface area contributed by atoms with Gasteiger partial charge in [-0.25, -0.2) is 0 Å². The van der Waals surface area contributed by atoms with E-state index in [1.165, 1.54) is 0 Å². The van der Waals surface area contributed by atoms with Gasteiger partial charge in [-0.05, 0) is 69.7 Å². The van der Waals surface area contributed by atoms with Gasteiger partial charge in [0.05, 0.1) is 11.8 Å². The van der Waals surface area contributed by atoms with E-state index in [1.54, 1.807) is 12.1 Å². The van der Waals surface area contributed by atoms with Gasteiger partial charge in [-0.3, -0.25) is 4.79 Å². The Labute approximate surface area is 135 Å². The Balaban J connectivity index is 1.87. The second-order valence-corrected chi connectivity index (χ2v) is 6.74. The number of hydrogen-bond donors (Lipinski definition) is 2. The normalized spacial score (nSPS) is 21.4. The van der Waals surface area contributed by atoms with Crippen molar-refractivity contribution in [3.63, 3.8) is 0 Å². The molecular weight excluding hydrogens is 388 g/mol. The molecule has 1 aromatic rings. The highest BCUT2D eigenvalue weighted by atomic mass is 79.9. The van der Waals surface area contributed by atoms with Gasteiger partial charge < -0.3 is 15.8 Å². The van der Waals surface area contributed by atoms with Crippen LogP contribution in [0.5, 0.6) is 0 Å². The molecule has 0 spiro atoms. The number of carbonyl (C=O) groups excluding carboxylic acids is 1. The zero-order valence-electron chi connectivity index (χ0n) is 11.3. The number of ether oxygens (including phenoxy) is 1. The summed E-state index contributed by atoms with van der Waals surface area (Å²) < 4.78 is 7.05. The Kier molecular flexibility index (Phi) is 5.46. The third-order valence-electron chi connectivity index (χ3n) is 3.40. The van der Waals surface area contributed by atoms with Crippen molar-refractivity contribution in [2.45, 2.75) is 32.3 Å². The smallest absolute Gasteiger partial charge is 0.224 e. The van der Waals surface area contributed by atoms with Crippen molar-refractivity contribution >= 4 is 49.1 Å². The maximum Gasteiger partial charge on any atom is 0.224 e. The number of rotatable bonds is 5. The van der Waals surface area contributed by atoms with Crippen LogP contribution in [0.1, 0.15) is 26.2 Å². The van der Waals surface area contributed by atoms with E-state index in [0.717, 1.165) is 34.1 Å². The van der Waals surface area contributed by atoms with Gasteiger partial charge >= 0.3 is 0 Å². The topological polar surface area (TPSA) is 64.3 Å². The van der Waals surface area contributed by atoms with E-state index in [4.69, 9.17) is 10.5 Å². The summed E-state index contributed by atoms with van der Waals surface area (Å²) in [6.45, 7) is 2.74. The van der Waals surface area contributed by atoms with E-state index in [0.29, 0.717) is 24.1 Å². The molecule has 0 aromatic heterocycles. The summed E-state index contributed by atoms with van der Waals surface area (Å²) in [4.78, 5) is 12.0. The zero-order chi connectivity index (χ0) is 14.7. The van der Waals surface area contributed by atoms with Gasteiger partial charge in [0, 0.05) is 27.7 Å². The number of nitrogens with one attached hydrogen (secondary N) is 1. The van der Waals surface area contributed by atoms with E-state index in [1.807, 2.05) is 6.92 Å². The first-order chi connectivity index (χ1) is 9.49. The highest BCUT2D eigenvalue weighted by Gasteiger charge is 2.31. The molecular formula is C14H18Br2N2O2. The Morgan fingerprint density at radius 3 is 2.55 bits per heavy atom. The summed E-state index contributed by atoms with van der Waals surface area (Å²) in [7, 11) is 0. The number of hydrogen-bond acceptors (Lipinski definition) is 3. The highest BCUT2D eigenvalue weighted by Crippen LogP contribution is 2.35. The lowest BCUT2D eigenvalue weighted by Gasteiger charge is -2.34. The number of amides is 1. The number of nitrogens with two attached hydrogens (primary N) is 1. The molecule has 6 heteroatoms. The summed E-state index contributed by atoms with van der Waals surface area (Å²) in [5.74, 6) is 0.453. The van der Waals surface area contributed by atoms with Crippen molar-refractivity contribution in [1.82, 2.24) is 0 Å². The number of nitrogen functional groups attached to an aromatic ring is 1. The lowest BCUT2D eigenvalue weighted by molar-refractivity contribution is -0.119. The number of carbonyl (C=O) groups is 1. The second-order valence-electron chi connectivity index (χ2n) is 5.03. The lowest BCUT2D eigenvalue weighted by atomic mass is 9.80. The maximum absolute atomic E-state index is 12.0. The average Bonchev–Trinajstić information content (AvgIpc) is 2.31. The number of benzene rings is 1. The van der Waals surface area contributed by atoms with E-state index < -0.39 is 0 Å². The Morgan fingerprint density at radius 2 is 2.00 bits per heavy atom. The molecule has 0 atom stereocenters. The third-order valence-corrected chi connectivity index (χ3v) is 4.65. The first-order valence-corrected chi connectivity index (χ1v) is 8.24. The molecule has 1 fully saturated rings. The van der Waals surface area contributed by atoms with Crippen molar-refractivity contribution < 1.29 is 9.53 Å². The van der Waals surface area contributed by atoms with Crippen LogP contribution in [0.25, 0.3) is 0 Å². The van der Waals surface area contributed by atoms with Crippen LogP contribution in [-0.4, -0.2) is 18.6 Å². The summed E-state index contributed by atoms with van der Waals surface area (Å²) in [6.07, 6.45) is 2.83. The van der Waals surface area contributed by atoms with Gasteiger partial charge in [0.1, 0.15) is 0 Å². The predicted molar refractivity (Wildman–Crippen MR) is 87.6 cm³/mol. The summed E-state index contributed by atoms with van der Waals surface area (Å²) in [6, 6.07) is 3.55. The van der Waals surface area contributed by atoms with Gasteiger partial charge in [-0.2, -0.15) is 0 Å². The summed E-state index contributed by atoms with van der Waals surface area (Å²) >= 11 is 6.82. The minimum absolute atomic E-state index is 0.0242. The average molecular weight is 406 g/mol. The fourth-order valence-corrected chi connectivity index (χ4v) is 3.80. The van der Waals surface area contributed by atoms with Gasteiger partial charge in [0.15, 0.2) is 0 Å². The van der Waals surface area contributed by atoms with Crippen molar-refractivity contribution in [3.05, 3.63) is 21.1 Å². The molecule has 3 N–H and O–H groups in total. The lowest BCUT2D eigenvalue weighted by Crippen LogP contribution is -2.33. The Hall–Kier alpha value is -0.590. The van der Waals surface area contributed by atoms with Crippen molar-refractivity contribution in [2.75, 3.05) is 17.7 Å². The van der Waals surface area contributed by atoms with E-state index >= 15 is 0 Å².